The Balaban J connectivity index is 0.00000176. The molecule has 122 valence electrons. The zero-order valence-electron chi connectivity index (χ0n) is 12.9. The van der Waals surface area contributed by atoms with Gasteiger partial charge in [0.1, 0.15) is 0 Å². The van der Waals surface area contributed by atoms with Crippen molar-refractivity contribution >= 4 is 30.1 Å². The van der Waals surface area contributed by atoms with Gasteiger partial charge >= 0.3 is 0 Å². The number of rotatable bonds is 3. The van der Waals surface area contributed by atoms with E-state index in [1.807, 2.05) is 11.8 Å². The number of carbonyl (C=O) groups is 1. The van der Waals surface area contributed by atoms with Crippen molar-refractivity contribution in [2.75, 3.05) is 31.1 Å². The van der Waals surface area contributed by atoms with E-state index in [1.54, 1.807) is 0 Å². The molecule has 2 saturated heterocycles. The van der Waals surface area contributed by atoms with Crippen LogP contribution in [-0.4, -0.2) is 48.0 Å². The molecule has 0 radical (unpaired) electrons. The van der Waals surface area contributed by atoms with Crippen molar-refractivity contribution < 1.29 is 4.79 Å². The molecule has 3 nitrogen and oxygen atoms in total. The van der Waals surface area contributed by atoms with E-state index in [2.05, 4.69) is 40.5 Å². The van der Waals surface area contributed by atoms with Gasteiger partial charge in [0, 0.05) is 43.6 Å². The number of thioether (sulfide) groups is 1. The Morgan fingerprint density at radius 1 is 1.23 bits per heavy atom. The van der Waals surface area contributed by atoms with Crippen LogP contribution in [-0.2, 0) is 4.79 Å². The zero-order valence-corrected chi connectivity index (χ0v) is 14.5. The number of nitrogens with zero attached hydrogens (tertiary/aromatic N) is 1. The zero-order chi connectivity index (χ0) is 14.5. The Kier molecular flexibility index (Phi) is 7.06. The lowest BCUT2D eigenvalue weighted by molar-refractivity contribution is -0.132. The van der Waals surface area contributed by atoms with Crippen molar-refractivity contribution in [3.05, 3.63) is 35.9 Å². The Bertz CT molecular complexity index is 457. The highest BCUT2D eigenvalue weighted by molar-refractivity contribution is 7.99. The summed E-state index contributed by atoms with van der Waals surface area (Å²) < 4.78 is 0. The van der Waals surface area contributed by atoms with Crippen LogP contribution in [0.5, 0.6) is 0 Å². The van der Waals surface area contributed by atoms with Crippen molar-refractivity contribution in [3.63, 3.8) is 0 Å². The summed E-state index contributed by atoms with van der Waals surface area (Å²) in [5.41, 5.74) is 1.43. The lowest BCUT2D eigenvalue weighted by Gasteiger charge is -2.33. The molecule has 5 heteroatoms. The molecular weight excluding hydrogens is 316 g/mol. The number of carbonyl (C=O) groups excluding carboxylic acids is 1. The van der Waals surface area contributed by atoms with Crippen LogP contribution in [0.4, 0.5) is 0 Å². The molecule has 2 fully saturated rings. The number of halogens is 1. The fourth-order valence-corrected chi connectivity index (χ4v) is 4.23. The number of amides is 1. The van der Waals surface area contributed by atoms with Crippen molar-refractivity contribution in [1.29, 1.82) is 0 Å². The molecule has 1 atom stereocenters. The smallest absolute Gasteiger partial charge is 0.224 e. The van der Waals surface area contributed by atoms with Crippen LogP contribution in [0.1, 0.15) is 30.7 Å². The van der Waals surface area contributed by atoms with Gasteiger partial charge in [0.2, 0.25) is 5.91 Å². The summed E-state index contributed by atoms with van der Waals surface area (Å²) in [6.07, 6.45) is 2.87. The number of nitrogens with one attached hydrogen (secondary N) is 1. The highest BCUT2D eigenvalue weighted by Crippen LogP contribution is 2.28. The Hall–Kier alpha value is -0.710. The molecule has 1 amide bonds. The Labute approximate surface area is 143 Å². The van der Waals surface area contributed by atoms with Gasteiger partial charge in [0.15, 0.2) is 0 Å². The maximum atomic E-state index is 12.4. The summed E-state index contributed by atoms with van der Waals surface area (Å²) in [5.74, 6) is 3.21. The van der Waals surface area contributed by atoms with Crippen molar-refractivity contribution in [3.8, 4) is 0 Å². The molecule has 0 saturated carbocycles. The molecule has 0 bridgehead atoms. The molecule has 2 aliphatic heterocycles. The maximum absolute atomic E-state index is 12.4. The van der Waals surface area contributed by atoms with Crippen LogP contribution in [0.15, 0.2) is 30.3 Å². The van der Waals surface area contributed by atoms with Gasteiger partial charge in [-0.1, -0.05) is 30.3 Å². The molecule has 2 aliphatic rings. The predicted octanol–water partition coefficient (Wildman–Crippen LogP) is 2.91. The molecular formula is C17H25ClN2OS. The molecule has 3 rings (SSSR count). The monoisotopic (exact) mass is 340 g/mol. The second kappa shape index (κ2) is 8.80. The fraction of sp³-hybridized carbons (Fsp3) is 0.588. The summed E-state index contributed by atoms with van der Waals surface area (Å²) in [7, 11) is 0. The van der Waals surface area contributed by atoms with Gasteiger partial charge in [-0.2, -0.15) is 11.8 Å². The van der Waals surface area contributed by atoms with Gasteiger partial charge in [-0.15, -0.1) is 12.4 Å². The predicted molar refractivity (Wildman–Crippen MR) is 96.0 cm³/mol. The third-order valence-corrected chi connectivity index (χ3v) is 5.67. The van der Waals surface area contributed by atoms with Crippen molar-refractivity contribution in [2.45, 2.75) is 31.2 Å². The summed E-state index contributed by atoms with van der Waals surface area (Å²) >= 11 is 1.96. The minimum atomic E-state index is 0. The van der Waals surface area contributed by atoms with Crippen LogP contribution < -0.4 is 5.32 Å². The maximum Gasteiger partial charge on any atom is 0.224 e. The van der Waals surface area contributed by atoms with Gasteiger partial charge < -0.3 is 10.2 Å². The normalized spacial score (nSPS) is 22.9. The molecule has 0 aromatic heterocycles. The first-order chi connectivity index (χ1) is 10.3. The van der Waals surface area contributed by atoms with Gasteiger partial charge in [0.05, 0.1) is 0 Å². The average Bonchev–Trinajstić information content (AvgIpc) is 2.57. The lowest BCUT2D eigenvalue weighted by Crippen LogP contribution is -2.44. The van der Waals surface area contributed by atoms with E-state index in [0.29, 0.717) is 24.3 Å². The average molecular weight is 341 g/mol. The van der Waals surface area contributed by atoms with Crippen LogP contribution in [0.3, 0.4) is 0 Å². The van der Waals surface area contributed by atoms with Gasteiger partial charge in [-0.25, -0.2) is 0 Å². The molecule has 1 N–H and O–H groups in total. The van der Waals surface area contributed by atoms with Crippen LogP contribution >= 0.6 is 24.2 Å². The number of piperidine rings is 1. The Morgan fingerprint density at radius 3 is 2.59 bits per heavy atom. The number of benzene rings is 1. The lowest BCUT2D eigenvalue weighted by atomic mass is 9.89. The number of hydrogen-bond donors (Lipinski definition) is 1. The Morgan fingerprint density at radius 2 is 1.95 bits per heavy atom. The summed E-state index contributed by atoms with van der Waals surface area (Å²) in [4.78, 5) is 14.5. The highest BCUT2D eigenvalue weighted by Gasteiger charge is 2.25. The molecule has 0 aliphatic carbocycles. The van der Waals surface area contributed by atoms with Crippen molar-refractivity contribution in [1.82, 2.24) is 10.2 Å². The van der Waals surface area contributed by atoms with Gasteiger partial charge in [-0.05, 0) is 24.3 Å². The van der Waals surface area contributed by atoms with E-state index in [9.17, 15) is 4.79 Å². The largest absolute Gasteiger partial charge is 0.343 e. The summed E-state index contributed by atoms with van der Waals surface area (Å²) in [6, 6.07) is 11.1. The van der Waals surface area contributed by atoms with Crippen LogP contribution in [0, 0.1) is 0 Å². The van der Waals surface area contributed by atoms with Crippen LogP contribution in [0.25, 0.3) is 0 Å². The quantitative estimate of drug-likeness (QED) is 0.918. The first-order valence-corrected chi connectivity index (χ1v) is 9.12. The summed E-state index contributed by atoms with van der Waals surface area (Å²) in [5, 5.41) is 3.46. The molecule has 2 heterocycles. The van der Waals surface area contributed by atoms with Crippen molar-refractivity contribution in [2.24, 2.45) is 0 Å². The first-order valence-electron chi connectivity index (χ1n) is 7.97. The SMILES string of the molecule is Cl.O=C(CC1CSCCN1)N1CCC(c2ccccc2)CC1. The van der Waals surface area contributed by atoms with E-state index in [0.717, 1.165) is 38.2 Å². The molecule has 1 aromatic rings. The third-order valence-electron chi connectivity index (χ3n) is 4.54. The standard InChI is InChI=1S/C17H24N2OS.ClH/c20-17(12-16-13-21-11-8-18-16)19-9-6-15(7-10-19)14-4-2-1-3-5-14;/h1-5,15-16,18H,6-13H2;1H. The summed E-state index contributed by atoms with van der Waals surface area (Å²) in [6.45, 7) is 2.87. The van der Waals surface area contributed by atoms with E-state index >= 15 is 0 Å². The fourth-order valence-electron chi connectivity index (χ4n) is 3.28. The van der Waals surface area contributed by atoms with E-state index in [-0.39, 0.29) is 12.4 Å². The minimum absolute atomic E-state index is 0. The molecule has 22 heavy (non-hydrogen) atoms. The molecule has 1 aromatic carbocycles. The number of hydrogen-bond acceptors (Lipinski definition) is 3. The highest BCUT2D eigenvalue weighted by atomic mass is 35.5. The van der Waals surface area contributed by atoms with E-state index in [4.69, 9.17) is 0 Å². The first kappa shape index (κ1) is 17.6. The van der Waals surface area contributed by atoms with Gasteiger partial charge in [0.25, 0.3) is 0 Å². The van der Waals surface area contributed by atoms with E-state index in [1.165, 1.54) is 11.3 Å². The second-order valence-corrected chi connectivity index (χ2v) is 7.15. The minimum Gasteiger partial charge on any atom is -0.343 e. The van der Waals surface area contributed by atoms with Gasteiger partial charge in [-0.3, -0.25) is 4.79 Å². The topological polar surface area (TPSA) is 32.3 Å². The van der Waals surface area contributed by atoms with E-state index < -0.39 is 0 Å². The van der Waals surface area contributed by atoms with Crippen LogP contribution in [0.2, 0.25) is 0 Å². The number of likely N-dealkylation sites (tertiary alicyclic amines) is 1. The third kappa shape index (κ3) is 4.64. The molecule has 0 spiro atoms. The second-order valence-electron chi connectivity index (χ2n) is 6.00. The molecule has 1 unspecified atom stereocenters.